The molecule has 0 saturated carbocycles. The summed E-state index contributed by atoms with van der Waals surface area (Å²) in [6.07, 6.45) is 0. The number of rotatable bonds is 7. The normalized spacial score (nSPS) is 13.7. The fourth-order valence-corrected chi connectivity index (χ4v) is 4.40. The molecule has 0 atom stereocenters. The first kappa shape index (κ1) is 19.2. The number of carbonyl (C=O) groups excluding carboxylic acids is 1. The molecule has 0 radical (unpaired) electrons. The van der Waals surface area contributed by atoms with Gasteiger partial charge in [-0.3, -0.25) is 4.79 Å². The third kappa shape index (κ3) is 4.05. The van der Waals surface area contributed by atoms with Crippen LogP contribution in [0.1, 0.15) is 5.56 Å². The Bertz CT molecular complexity index is 932. The van der Waals surface area contributed by atoms with Crippen molar-refractivity contribution in [2.45, 2.75) is 11.4 Å². The van der Waals surface area contributed by atoms with Crippen LogP contribution in [0.15, 0.2) is 47.4 Å². The van der Waals surface area contributed by atoms with Crippen LogP contribution in [0.3, 0.4) is 0 Å². The van der Waals surface area contributed by atoms with Crippen molar-refractivity contribution in [3.8, 4) is 11.5 Å². The Hall–Kier alpha value is -2.62. The minimum Gasteiger partial charge on any atom is -0.495 e. The number of methoxy groups -OCH3 is 1. The zero-order valence-corrected chi connectivity index (χ0v) is 15.7. The van der Waals surface area contributed by atoms with Crippen LogP contribution in [0, 0.1) is 0 Å². The smallest absolute Gasteiger partial charge is 0.262 e. The molecule has 3 N–H and O–H groups in total. The maximum atomic E-state index is 13.3. The van der Waals surface area contributed by atoms with E-state index in [0.717, 1.165) is 5.56 Å². The van der Waals surface area contributed by atoms with E-state index in [2.05, 4.69) is 5.32 Å². The lowest BCUT2D eigenvalue weighted by atomic mass is 10.2. The summed E-state index contributed by atoms with van der Waals surface area (Å²) < 4.78 is 38.5. The second kappa shape index (κ2) is 7.95. The van der Waals surface area contributed by atoms with Gasteiger partial charge in [-0.2, -0.15) is 4.31 Å². The fourth-order valence-electron chi connectivity index (χ4n) is 2.80. The van der Waals surface area contributed by atoms with Gasteiger partial charge in [0.2, 0.25) is 10.0 Å². The van der Waals surface area contributed by atoms with Crippen molar-refractivity contribution in [2.24, 2.45) is 5.73 Å². The Morgan fingerprint density at radius 3 is 2.67 bits per heavy atom. The third-order valence-corrected chi connectivity index (χ3v) is 5.96. The molecular formula is C18H21N3O5S. The number of benzene rings is 2. The lowest BCUT2D eigenvalue weighted by molar-refractivity contribution is -0.118. The minimum atomic E-state index is -3.92. The highest BCUT2D eigenvalue weighted by atomic mass is 32.2. The number of nitrogens with one attached hydrogen (secondary N) is 1. The molecule has 0 spiro atoms. The van der Waals surface area contributed by atoms with Gasteiger partial charge in [0.05, 0.1) is 12.8 Å². The number of fused-ring (bicyclic) bond motifs is 1. The van der Waals surface area contributed by atoms with Crippen molar-refractivity contribution in [3.05, 3.63) is 48.0 Å². The summed E-state index contributed by atoms with van der Waals surface area (Å²) in [4.78, 5) is 11.4. The van der Waals surface area contributed by atoms with E-state index in [0.29, 0.717) is 5.69 Å². The van der Waals surface area contributed by atoms with Crippen LogP contribution in [0.25, 0.3) is 0 Å². The van der Waals surface area contributed by atoms with Gasteiger partial charge >= 0.3 is 0 Å². The van der Waals surface area contributed by atoms with E-state index in [1.165, 1.54) is 23.5 Å². The second-order valence-corrected chi connectivity index (χ2v) is 7.86. The van der Waals surface area contributed by atoms with Crippen LogP contribution in [0.5, 0.6) is 11.5 Å². The Kier molecular flexibility index (Phi) is 5.64. The van der Waals surface area contributed by atoms with Crippen molar-refractivity contribution in [2.75, 3.05) is 32.1 Å². The average molecular weight is 391 g/mol. The molecule has 1 heterocycles. The molecule has 0 aromatic heterocycles. The van der Waals surface area contributed by atoms with Crippen LogP contribution in [-0.2, 0) is 21.4 Å². The Morgan fingerprint density at radius 2 is 2.00 bits per heavy atom. The summed E-state index contributed by atoms with van der Waals surface area (Å²) in [7, 11) is -2.54. The van der Waals surface area contributed by atoms with E-state index in [-0.39, 0.29) is 48.5 Å². The molecule has 1 aliphatic heterocycles. The van der Waals surface area contributed by atoms with Gasteiger partial charge in [-0.05, 0) is 5.56 Å². The van der Waals surface area contributed by atoms with E-state index in [4.69, 9.17) is 15.2 Å². The summed E-state index contributed by atoms with van der Waals surface area (Å²) in [6, 6.07) is 12.1. The molecule has 2 aromatic rings. The summed E-state index contributed by atoms with van der Waals surface area (Å²) in [5, 5.41) is 2.64. The minimum absolute atomic E-state index is 0.0377. The number of nitrogens with zero attached hydrogens (tertiary/aromatic N) is 1. The highest BCUT2D eigenvalue weighted by Gasteiger charge is 2.30. The molecule has 3 rings (SSSR count). The molecule has 0 fully saturated rings. The van der Waals surface area contributed by atoms with Crippen molar-refractivity contribution in [3.63, 3.8) is 0 Å². The zero-order chi connectivity index (χ0) is 19.4. The Labute approximate surface area is 157 Å². The van der Waals surface area contributed by atoms with E-state index >= 15 is 0 Å². The fraction of sp³-hybridized carbons (Fsp3) is 0.278. The van der Waals surface area contributed by atoms with Gasteiger partial charge in [0.25, 0.3) is 5.91 Å². The largest absolute Gasteiger partial charge is 0.495 e. The molecule has 9 heteroatoms. The second-order valence-electron chi connectivity index (χ2n) is 5.95. The van der Waals surface area contributed by atoms with Gasteiger partial charge < -0.3 is 20.5 Å². The van der Waals surface area contributed by atoms with Crippen LogP contribution in [0.2, 0.25) is 0 Å². The van der Waals surface area contributed by atoms with Gasteiger partial charge in [-0.25, -0.2) is 8.42 Å². The van der Waals surface area contributed by atoms with Gasteiger partial charge in [0, 0.05) is 31.8 Å². The number of carbonyl (C=O) groups is 1. The number of sulfonamides is 1. The number of hydrogen-bond acceptors (Lipinski definition) is 6. The molecule has 0 aliphatic carbocycles. The SMILES string of the molecule is COc1cc2c(cc1S(=O)(=O)N(CCN)Cc1ccccc1)OCC(=O)N2. The van der Waals surface area contributed by atoms with Crippen LogP contribution in [-0.4, -0.2) is 45.4 Å². The lowest BCUT2D eigenvalue weighted by Gasteiger charge is -2.25. The van der Waals surface area contributed by atoms with Gasteiger partial charge in [0.1, 0.15) is 16.4 Å². The van der Waals surface area contributed by atoms with Crippen LogP contribution < -0.4 is 20.5 Å². The van der Waals surface area contributed by atoms with Gasteiger partial charge in [-0.15, -0.1) is 0 Å². The van der Waals surface area contributed by atoms with Gasteiger partial charge in [0.15, 0.2) is 6.61 Å². The first-order valence-corrected chi connectivity index (χ1v) is 9.78. The predicted molar refractivity (Wildman–Crippen MR) is 100 cm³/mol. The Balaban J connectivity index is 2.02. The van der Waals surface area contributed by atoms with E-state index in [9.17, 15) is 13.2 Å². The third-order valence-electron chi connectivity index (χ3n) is 4.10. The molecule has 144 valence electrons. The maximum absolute atomic E-state index is 13.3. The Morgan fingerprint density at radius 1 is 1.26 bits per heavy atom. The summed E-state index contributed by atoms with van der Waals surface area (Å²) >= 11 is 0. The van der Waals surface area contributed by atoms with Crippen molar-refractivity contribution < 1.29 is 22.7 Å². The van der Waals surface area contributed by atoms with E-state index in [1.807, 2.05) is 30.3 Å². The molecule has 27 heavy (non-hydrogen) atoms. The molecule has 1 aliphatic rings. The highest BCUT2D eigenvalue weighted by molar-refractivity contribution is 7.89. The number of anilines is 1. The number of ether oxygens (including phenoxy) is 2. The van der Waals surface area contributed by atoms with Crippen molar-refractivity contribution >= 4 is 21.6 Å². The van der Waals surface area contributed by atoms with Crippen molar-refractivity contribution in [1.82, 2.24) is 4.31 Å². The quantitative estimate of drug-likeness (QED) is 0.733. The lowest BCUT2D eigenvalue weighted by Crippen LogP contribution is -2.35. The topological polar surface area (TPSA) is 111 Å². The van der Waals surface area contributed by atoms with Crippen LogP contribution in [0.4, 0.5) is 5.69 Å². The first-order chi connectivity index (χ1) is 13.0. The predicted octanol–water partition coefficient (Wildman–Crippen LogP) is 1.18. The average Bonchev–Trinajstić information content (AvgIpc) is 2.67. The first-order valence-electron chi connectivity index (χ1n) is 8.34. The molecule has 0 bridgehead atoms. The molecule has 2 aromatic carbocycles. The number of nitrogens with two attached hydrogens (primary N) is 1. The molecule has 1 amide bonds. The highest BCUT2D eigenvalue weighted by Crippen LogP contribution is 2.38. The number of hydrogen-bond donors (Lipinski definition) is 2. The van der Waals surface area contributed by atoms with E-state index in [1.54, 1.807) is 0 Å². The summed E-state index contributed by atoms with van der Waals surface area (Å²) in [5.74, 6) is 0.0880. The molecule has 8 nitrogen and oxygen atoms in total. The molecule has 0 unspecified atom stereocenters. The monoisotopic (exact) mass is 391 g/mol. The number of amides is 1. The van der Waals surface area contributed by atoms with Crippen molar-refractivity contribution in [1.29, 1.82) is 0 Å². The van der Waals surface area contributed by atoms with Gasteiger partial charge in [-0.1, -0.05) is 30.3 Å². The molecular weight excluding hydrogens is 370 g/mol. The zero-order valence-electron chi connectivity index (χ0n) is 14.8. The standard InChI is InChI=1S/C18H21N3O5S/c1-25-16-9-14-15(26-12-18(22)20-14)10-17(16)27(23,24)21(8-7-19)11-13-5-3-2-4-6-13/h2-6,9-10H,7-8,11-12,19H2,1H3,(H,20,22). The summed E-state index contributed by atoms with van der Waals surface area (Å²) in [5.41, 5.74) is 6.86. The van der Waals surface area contributed by atoms with Crippen LogP contribution >= 0.6 is 0 Å². The van der Waals surface area contributed by atoms with E-state index < -0.39 is 10.0 Å². The molecule has 0 saturated heterocycles. The summed E-state index contributed by atoms with van der Waals surface area (Å²) in [6.45, 7) is 0.328. The maximum Gasteiger partial charge on any atom is 0.262 e.